The summed E-state index contributed by atoms with van der Waals surface area (Å²) in [6.07, 6.45) is 0. The number of nitrogens with zero attached hydrogens (tertiary/aromatic N) is 3. The van der Waals surface area contributed by atoms with Gasteiger partial charge in [-0.15, -0.1) is 0 Å². The van der Waals surface area contributed by atoms with E-state index in [9.17, 15) is 5.48 Å². The minimum Gasteiger partial charge on any atom is -0.311 e. The topological polar surface area (TPSA) is 11.4 Å². The Kier molecular flexibility index (Phi) is 21.9. The Morgan fingerprint density at radius 2 is 0.561 bits per heavy atom. The molecule has 0 aliphatic carbocycles. The average molecular weight is 1920 g/mol. The lowest BCUT2D eigenvalue weighted by atomic mass is 9.33. The fourth-order valence-electron chi connectivity index (χ4n) is 23.6. The van der Waals surface area contributed by atoms with E-state index in [0.717, 1.165) is 214 Å². The van der Waals surface area contributed by atoms with E-state index >= 15 is 0 Å². The summed E-state index contributed by atoms with van der Waals surface area (Å²) in [6.45, 7) is 6.56. The van der Waals surface area contributed by atoms with Crippen molar-refractivity contribution in [3.05, 3.63) is 582 Å². The number of hydrogen-bond donors (Lipinski definition) is 0. The van der Waals surface area contributed by atoms with Gasteiger partial charge in [-0.2, -0.15) is 0 Å². The lowest BCUT2D eigenvalue weighted by Crippen LogP contribution is -2.78. The zero-order valence-corrected chi connectivity index (χ0v) is 84.5. The van der Waals surface area contributed by atoms with E-state index in [0.29, 0.717) is 16.3 Å². The van der Waals surface area contributed by atoms with Gasteiger partial charge in [-0.1, -0.05) is 518 Å². The lowest BCUT2D eigenvalue weighted by molar-refractivity contribution is 0.591. The van der Waals surface area contributed by atoms with Crippen LogP contribution in [0.3, 0.4) is 0 Å². The highest BCUT2D eigenvalue weighted by atomic mass is 28.3. The molecule has 0 bridgehead atoms. The predicted octanol–water partition coefficient (Wildman–Crippen LogP) is 29.6. The van der Waals surface area contributed by atoms with Gasteiger partial charge in [0.25, 0.3) is 6.71 Å². The second-order valence-electron chi connectivity index (χ2n) is 40.2. The fraction of sp³-hybridized carbons (Fsp3) is 0.0282. The fourth-order valence-corrected chi connectivity index (χ4v) is 33.2. The molecular formula is C142H104BN3Si2. The number of anilines is 6. The third-order valence-electron chi connectivity index (χ3n) is 30.6. The molecule has 2 aliphatic heterocycles. The summed E-state index contributed by atoms with van der Waals surface area (Å²) >= 11 is 0. The molecule has 1 atom stereocenters. The minimum absolute atomic E-state index is 0.0320. The summed E-state index contributed by atoms with van der Waals surface area (Å²) in [5.41, 5.74) is 32.9. The Morgan fingerprint density at radius 1 is 0.216 bits per heavy atom. The molecule has 3 nitrogen and oxygen atoms in total. The number of rotatable bonds is 21. The molecule has 23 aromatic carbocycles. The van der Waals surface area contributed by atoms with Gasteiger partial charge in [-0.3, -0.25) is 0 Å². The van der Waals surface area contributed by atoms with Gasteiger partial charge in [-0.05, 0) is 248 Å². The van der Waals surface area contributed by atoms with E-state index in [-0.39, 0.29) is 29.6 Å². The van der Waals surface area contributed by atoms with Crippen LogP contribution in [-0.4, -0.2) is 27.4 Å². The first-order valence-electron chi connectivity index (χ1n) is 53.3. The van der Waals surface area contributed by atoms with E-state index in [4.69, 9.17) is 0 Å². The van der Waals surface area contributed by atoms with Crippen LogP contribution in [0.2, 0.25) is 0 Å². The zero-order valence-electron chi connectivity index (χ0n) is 86.5. The Hall–Kier alpha value is -18.0. The first kappa shape index (κ1) is 85.5. The van der Waals surface area contributed by atoms with Crippen LogP contribution < -0.4 is 67.7 Å². The van der Waals surface area contributed by atoms with Gasteiger partial charge in [0.05, 0.1) is 22.2 Å². The molecule has 0 radical (unpaired) electrons. The summed E-state index contributed by atoms with van der Waals surface area (Å²) in [6, 6.07) is 204. The molecule has 0 saturated heterocycles. The van der Waals surface area contributed by atoms with E-state index in [1.165, 1.54) is 5.56 Å². The summed E-state index contributed by atoms with van der Waals surface area (Å²) in [5, 5.41) is 9.83. The van der Waals surface area contributed by atoms with Crippen LogP contribution in [0.25, 0.3) is 139 Å². The van der Waals surface area contributed by atoms with E-state index in [1.54, 1.807) is 0 Å². The van der Waals surface area contributed by atoms with Crippen molar-refractivity contribution in [3.8, 4) is 117 Å². The molecule has 0 fully saturated rings. The van der Waals surface area contributed by atoms with E-state index < -0.39 is 22.9 Å². The summed E-state index contributed by atoms with van der Waals surface area (Å²) in [5.74, 6) is 0. The molecule has 148 heavy (non-hydrogen) atoms. The third-order valence-corrected chi connectivity index (χ3v) is 39.8. The van der Waals surface area contributed by atoms with Crippen molar-refractivity contribution in [2.45, 2.75) is 26.2 Å². The Balaban J connectivity index is 0.900. The van der Waals surface area contributed by atoms with Crippen LogP contribution in [0.15, 0.2) is 576 Å². The van der Waals surface area contributed by atoms with Crippen LogP contribution in [0.1, 0.15) is 31.8 Å². The molecule has 2 aliphatic rings. The molecule has 0 N–H and O–H groups in total. The summed E-state index contributed by atoms with van der Waals surface area (Å²) in [4.78, 5) is 5.33. The van der Waals surface area contributed by atoms with Crippen molar-refractivity contribution in [3.63, 3.8) is 0 Å². The van der Waals surface area contributed by atoms with Crippen LogP contribution in [0.5, 0.6) is 0 Å². The molecule has 6 heteroatoms. The predicted molar refractivity (Wildman–Crippen MR) is 635 cm³/mol. The Bertz CT molecular complexity index is 9090. The highest BCUT2D eigenvalue weighted by molar-refractivity contribution is 7.22. The van der Waals surface area contributed by atoms with E-state index in [2.05, 4.69) is 557 Å². The Morgan fingerprint density at radius 3 is 1.01 bits per heavy atom. The van der Waals surface area contributed by atoms with Gasteiger partial charge in [-0.25, -0.2) is 0 Å². The zero-order chi connectivity index (χ0) is 102. The van der Waals surface area contributed by atoms with Gasteiger partial charge in [0.15, 0.2) is 16.1 Å². The van der Waals surface area contributed by atoms with Crippen molar-refractivity contribution in [1.29, 1.82) is 0 Å². The number of fused-ring (bicyclic) bond motifs is 7. The van der Waals surface area contributed by atoms with Crippen LogP contribution in [0.4, 0.5) is 34.1 Å². The molecule has 0 amide bonds. The smallest absolute Gasteiger partial charge is 0.252 e. The lowest BCUT2D eigenvalue weighted by Gasteiger charge is -2.46. The summed E-state index contributed by atoms with van der Waals surface area (Å²) < 4.78 is 46.8. The molecule has 0 saturated carbocycles. The standard InChI is InChI=1S/C142H104BN3Si2/c1-142(2,3)117-95-130(106-60-30-11-31-61-106)141(131(96-117)107-62-32-12-33-63-107)146-136-81-78-110(101-50-20-6-21-51-101)92-133(136)143-132-80-79-118(144-134-76-42-40-74-128(134)129-75-41-43-77-135(129)144)97-137(132)145(119-84-111(102-52-22-7-23-53-102)82-112(85-119)103-54-24-8-25-55-103)138-93-116(94-139(146)140(138)143)115-90-126(147(120-66-34-13-35-67-120,121-68-36-14-37-69-121)125-88-113(104-56-26-9-27-57-104)83-114(89-125)105-58-28-10-29-59-105)98-127(91-115)148(122-70-38-15-39-71-122,123-72-44-64-108(86-123)99-46-16-4-17-47-99)124-73-45-65-109(87-124)100-48-18-5-19-49-100/h4-98H,1-3H3/i44D,64D,72D,86D. The minimum atomic E-state index is -4.63. The van der Waals surface area contributed by atoms with Gasteiger partial charge in [0.1, 0.15) is 0 Å². The first-order chi connectivity index (χ1) is 74.7. The maximum atomic E-state index is 11.8. The molecule has 3 heterocycles. The molecule has 0 spiro atoms. The number of para-hydroxylation sites is 2. The first-order valence-corrected chi connectivity index (χ1v) is 55.3. The van der Waals surface area contributed by atoms with Gasteiger partial charge < -0.3 is 14.4 Å². The number of aromatic nitrogens is 1. The molecule has 698 valence electrons. The van der Waals surface area contributed by atoms with Gasteiger partial charge >= 0.3 is 0 Å². The second kappa shape index (κ2) is 37.9. The molecular weight excluding hydrogens is 1810 g/mol. The number of hydrogen-bond acceptors (Lipinski definition) is 2. The number of benzene rings is 23. The summed E-state index contributed by atoms with van der Waals surface area (Å²) in [7, 11) is -8.74. The SMILES string of the molecule is [2H]c1c([2H])c(-c2ccccc2)c([2H])c([Si](c2ccccc2)(c2cccc(-c3ccccc3)c2)c2cc(-c3cc4c5c(c3)N(c3c(-c6ccccc6)cc(C(C)(C)C)cc3-c3ccccc3)c3ccc(-c6ccccc6)cc3B5c3ccc(-n5c6ccccc6c6ccccc65)cc3N4c3cc(-c4ccccc4)cc(-c4ccccc4)c3)cc([Si](c3ccccc3)(c3ccccc3)c3cc(-c4ccccc4)cc(-c4ccccc4)c3)c2)c1[2H]. The second-order valence-corrected chi connectivity index (χ2v) is 47.7. The van der Waals surface area contributed by atoms with Crippen LogP contribution in [0, 0.1) is 0 Å². The molecule has 26 rings (SSSR count). The highest BCUT2D eigenvalue weighted by Gasteiger charge is 2.50. The molecule has 1 aromatic heterocycles. The van der Waals surface area contributed by atoms with Gasteiger partial charge in [0.2, 0.25) is 0 Å². The normalized spacial score (nSPS) is 13.0. The van der Waals surface area contributed by atoms with Crippen molar-refractivity contribution < 1.29 is 5.48 Å². The third kappa shape index (κ3) is 15.9. The average Bonchev–Trinajstić information content (AvgIpc) is 0.735. The van der Waals surface area contributed by atoms with Gasteiger partial charge in [0, 0.05) is 56.0 Å². The van der Waals surface area contributed by atoms with Crippen molar-refractivity contribution >= 4 is 137 Å². The monoisotopic (exact) mass is 1920 g/mol. The highest BCUT2D eigenvalue weighted by Crippen LogP contribution is 2.54. The Labute approximate surface area is 875 Å². The maximum Gasteiger partial charge on any atom is 0.252 e. The van der Waals surface area contributed by atoms with Crippen molar-refractivity contribution in [2.24, 2.45) is 0 Å². The van der Waals surface area contributed by atoms with E-state index in [1.807, 2.05) is 30.3 Å². The largest absolute Gasteiger partial charge is 0.311 e. The molecule has 24 aromatic rings. The van der Waals surface area contributed by atoms with Crippen molar-refractivity contribution in [2.75, 3.05) is 9.80 Å². The maximum absolute atomic E-state index is 11.8. The van der Waals surface area contributed by atoms with Crippen LogP contribution in [-0.2, 0) is 5.41 Å². The molecule has 1 unspecified atom stereocenters. The van der Waals surface area contributed by atoms with Crippen LogP contribution >= 0.6 is 0 Å². The quantitative estimate of drug-likeness (QED) is 0.0525. The van der Waals surface area contributed by atoms with Crippen molar-refractivity contribution in [1.82, 2.24) is 4.57 Å².